The lowest BCUT2D eigenvalue weighted by atomic mass is 10.2. The third-order valence-electron chi connectivity index (χ3n) is 2.36. The molecule has 4 heteroatoms. The standard InChI is InChI=1S/C14H21NO3/c1-5-9-18-12-8-7-11(14(16)15(3)4)10-13(12)17-6-2/h7-8,10H,5-6,9H2,1-4H3. The number of carbonyl (C=O) groups is 1. The Morgan fingerprint density at radius 2 is 1.89 bits per heavy atom. The van der Waals surface area contributed by atoms with Gasteiger partial charge in [0.25, 0.3) is 5.91 Å². The van der Waals surface area contributed by atoms with Crippen molar-refractivity contribution in [2.45, 2.75) is 20.3 Å². The summed E-state index contributed by atoms with van der Waals surface area (Å²) < 4.78 is 11.1. The second-order valence-electron chi connectivity index (χ2n) is 4.14. The maximum atomic E-state index is 11.9. The van der Waals surface area contributed by atoms with Crippen molar-refractivity contribution in [1.29, 1.82) is 0 Å². The maximum absolute atomic E-state index is 11.9. The highest BCUT2D eigenvalue weighted by Gasteiger charge is 2.12. The molecule has 0 saturated carbocycles. The van der Waals surface area contributed by atoms with Crippen molar-refractivity contribution in [2.75, 3.05) is 27.3 Å². The van der Waals surface area contributed by atoms with Crippen LogP contribution >= 0.6 is 0 Å². The van der Waals surface area contributed by atoms with Crippen LogP contribution in [0.2, 0.25) is 0 Å². The van der Waals surface area contributed by atoms with Gasteiger partial charge in [-0.2, -0.15) is 0 Å². The lowest BCUT2D eigenvalue weighted by Gasteiger charge is -2.14. The lowest BCUT2D eigenvalue weighted by Crippen LogP contribution is -2.21. The smallest absolute Gasteiger partial charge is 0.253 e. The zero-order valence-electron chi connectivity index (χ0n) is 11.5. The Labute approximate surface area is 108 Å². The highest BCUT2D eigenvalue weighted by molar-refractivity contribution is 5.94. The first-order chi connectivity index (χ1) is 8.60. The summed E-state index contributed by atoms with van der Waals surface area (Å²) in [5.74, 6) is 1.27. The van der Waals surface area contributed by atoms with E-state index >= 15 is 0 Å². The van der Waals surface area contributed by atoms with Gasteiger partial charge in [-0.1, -0.05) is 6.92 Å². The molecule has 0 aliphatic heterocycles. The van der Waals surface area contributed by atoms with E-state index in [2.05, 4.69) is 0 Å². The van der Waals surface area contributed by atoms with E-state index in [9.17, 15) is 4.79 Å². The summed E-state index contributed by atoms with van der Waals surface area (Å²) in [5.41, 5.74) is 0.604. The molecule has 0 saturated heterocycles. The third kappa shape index (κ3) is 3.65. The molecule has 1 amide bonds. The number of nitrogens with zero attached hydrogens (tertiary/aromatic N) is 1. The van der Waals surface area contributed by atoms with Crippen LogP contribution in [0.15, 0.2) is 18.2 Å². The fraction of sp³-hybridized carbons (Fsp3) is 0.500. The van der Waals surface area contributed by atoms with Crippen LogP contribution in [0.25, 0.3) is 0 Å². The fourth-order valence-corrected chi connectivity index (χ4v) is 1.50. The largest absolute Gasteiger partial charge is 0.490 e. The SMILES string of the molecule is CCCOc1ccc(C(=O)N(C)C)cc1OCC. The average Bonchev–Trinajstić information content (AvgIpc) is 2.36. The summed E-state index contributed by atoms with van der Waals surface area (Å²) in [6.45, 7) is 5.14. The first-order valence-corrected chi connectivity index (χ1v) is 6.21. The number of amides is 1. The molecule has 1 aromatic rings. The van der Waals surface area contributed by atoms with E-state index in [1.807, 2.05) is 13.8 Å². The summed E-state index contributed by atoms with van der Waals surface area (Å²) in [4.78, 5) is 13.4. The zero-order valence-corrected chi connectivity index (χ0v) is 11.5. The summed E-state index contributed by atoms with van der Waals surface area (Å²) in [6, 6.07) is 5.28. The van der Waals surface area contributed by atoms with Crippen LogP contribution in [-0.4, -0.2) is 38.1 Å². The van der Waals surface area contributed by atoms with Crippen molar-refractivity contribution >= 4 is 5.91 Å². The van der Waals surface area contributed by atoms with Crippen molar-refractivity contribution in [2.24, 2.45) is 0 Å². The van der Waals surface area contributed by atoms with E-state index in [0.29, 0.717) is 30.3 Å². The first kappa shape index (κ1) is 14.4. The van der Waals surface area contributed by atoms with Crippen LogP contribution in [0, 0.1) is 0 Å². The van der Waals surface area contributed by atoms with E-state index in [0.717, 1.165) is 6.42 Å². The topological polar surface area (TPSA) is 38.8 Å². The van der Waals surface area contributed by atoms with E-state index in [1.165, 1.54) is 4.90 Å². The van der Waals surface area contributed by atoms with Gasteiger partial charge in [0.1, 0.15) is 0 Å². The van der Waals surface area contributed by atoms with E-state index in [4.69, 9.17) is 9.47 Å². The lowest BCUT2D eigenvalue weighted by molar-refractivity contribution is 0.0827. The van der Waals surface area contributed by atoms with Crippen molar-refractivity contribution < 1.29 is 14.3 Å². The molecule has 0 atom stereocenters. The Bertz CT molecular complexity index is 402. The molecule has 4 nitrogen and oxygen atoms in total. The molecule has 0 heterocycles. The molecule has 100 valence electrons. The van der Waals surface area contributed by atoms with E-state index in [1.54, 1.807) is 32.3 Å². The molecule has 0 radical (unpaired) electrons. The normalized spacial score (nSPS) is 10.0. The summed E-state index contributed by atoms with van der Waals surface area (Å²) in [5, 5.41) is 0. The van der Waals surface area contributed by atoms with Gasteiger partial charge in [0.05, 0.1) is 13.2 Å². The highest BCUT2D eigenvalue weighted by Crippen LogP contribution is 2.29. The third-order valence-corrected chi connectivity index (χ3v) is 2.36. The van der Waals surface area contributed by atoms with Crippen LogP contribution in [-0.2, 0) is 0 Å². The number of ether oxygens (including phenoxy) is 2. The first-order valence-electron chi connectivity index (χ1n) is 6.21. The molecule has 18 heavy (non-hydrogen) atoms. The minimum Gasteiger partial charge on any atom is -0.490 e. The van der Waals surface area contributed by atoms with Gasteiger partial charge in [-0.3, -0.25) is 4.79 Å². The van der Waals surface area contributed by atoms with E-state index in [-0.39, 0.29) is 5.91 Å². The number of hydrogen-bond acceptors (Lipinski definition) is 3. The van der Waals surface area contributed by atoms with Crippen molar-refractivity contribution in [3.63, 3.8) is 0 Å². The summed E-state index contributed by atoms with van der Waals surface area (Å²) in [7, 11) is 3.45. The van der Waals surface area contributed by atoms with Crippen molar-refractivity contribution in [3.8, 4) is 11.5 Å². The zero-order chi connectivity index (χ0) is 13.5. The Kier molecular flexibility index (Phi) is 5.49. The predicted molar refractivity (Wildman–Crippen MR) is 71.4 cm³/mol. The van der Waals surface area contributed by atoms with Gasteiger partial charge >= 0.3 is 0 Å². The molecular weight excluding hydrogens is 230 g/mol. The van der Waals surface area contributed by atoms with Gasteiger partial charge < -0.3 is 14.4 Å². The van der Waals surface area contributed by atoms with Gasteiger partial charge in [-0.05, 0) is 31.5 Å². The molecule has 0 unspecified atom stereocenters. The Morgan fingerprint density at radius 3 is 2.44 bits per heavy atom. The van der Waals surface area contributed by atoms with Crippen LogP contribution < -0.4 is 9.47 Å². The van der Waals surface area contributed by atoms with Crippen LogP contribution in [0.3, 0.4) is 0 Å². The molecule has 0 bridgehead atoms. The molecule has 0 N–H and O–H groups in total. The average molecular weight is 251 g/mol. The van der Waals surface area contributed by atoms with Gasteiger partial charge in [0, 0.05) is 19.7 Å². The number of hydrogen-bond donors (Lipinski definition) is 0. The molecule has 0 fully saturated rings. The summed E-state index contributed by atoms with van der Waals surface area (Å²) >= 11 is 0. The number of rotatable bonds is 6. The monoisotopic (exact) mass is 251 g/mol. The maximum Gasteiger partial charge on any atom is 0.253 e. The van der Waals surface area contributed by atoms with Crippen molar-refractivity contribution in [3.05, 3.63) is 23.8 Å². The van der Waals surface area contributed by atoms with Crippen LogP contribution in [0.4, 0.5) is 0 Å². The molecular formula is C14H21NO3. The molecule has 1 rings (SSSR count). The molecule has 0 aliphatic rings. The molecule has 0 spiro atoms. The Morgan fingerprint density at radius 1 is 1.17 bits per heavy atom. The van der Waals surface area contributed by atoms with Crippen molar-refractivity contribution in [1.82, 2.24) is 4.90 Å². The molecule has 1 aromatic carbocycles. The number of benzene rings is 1. The van der Waals surface area contributed by atoms with Gasteiger partial charge in [0.2, 0.25) is 0 Å². The molecule has 0 aliphatic carbocycles. The highest BCUT2D eigenvalue weighted by atomic mass is 16.5. The second kappa shape index (κ2) is 6.89. The predicted octanol–water partition coefficient (Wildman–Crippen LogP) is 2.58. The van der Waals surface area contributed by atoms with E-state index < -0.39 is 0 Å². The minimum atomic E-state index is -0.0435. The Hall–Kier alpha value is -1.71. The Balaban J connectivity index is 2.98. The fourth-order valence-electron chi connectivity index (χ4n) is 1.50. The molecule has 0 aromatic heterocycles. The quantitative estimate of drug-likeness (QED) is 0.780. The number of carbonyl (C=O) groups excluding carboxylic acids is 1. The van der Waals surface area contributed by atoms with Gasteiger partial charge in [-0.15, -0.1) is 0 Å². The minimum absolute atomic E-state index is 0.0435. The van der Waals surface area contributed by atoms with Gasteiger partial charge in [0.15, 0.2) is 11.5 Å². The van der Waals surface area contributed by atoms with Gasteiger partial charge in [-0.25, -0.2) is 0 Å². The summed E-state index contributed by atoms with van der Waals surface area (Å²) in [6.07, 6.45) is 0.934. The second-order valence-corrected chi connectivity index (χ2v) is 4.14. The van der Waals surface area contributed by atoms with Crippen LogP contribution in [0.5, 0.6) is 11.5 Å². The van der Waals surface area contributed by atoms with Crippen LogP contribution in [0.1, 0.15) is 30.6 Å².